The summed E-state index contributed by atoms with van der Waals surface area (Å²) in [5.74, 6) is 0.0974. The zero-order valence-corrected chi connectivity index (χ0v) is 18.1. The molecule has 0 bridgehead atoms. The largest absolute Gasteiger partial charge is 0.385 e. The maximum Gasteiger partial charge on any atom is 0.254 e. The number of pyridine rings is 1. The van der Waals surface area contributed by atoms with E-state index < -0.39 is 0 Å². The quantitative estimate of drug-likeness (QED) is 0.550. The molecule has 0 radical (unpaired) electrons. The Hall–Kier alpha value is -2.54. The summed E-state index contributed by atoms with van der Waals surface area (Å²) in [6.07, 6.45) is 3.09. The van der Waals surface area contributed by atoms with Crippen molar-refractivity contribution in [1.82, 2.24) is 14.9 Å². The van der Waals surface area contributed by atoms with Crippen LogP contribution in [-0.2, 0) is 6.54 Å². The van der Waals surface area contributed by atoms with Gasteiger partial charge in [0.15, 0.2) is 0 Å². The molecule has 0 aliphatic carbocycles. The Morgan fingerprint density at radius 1 is 1.29 bits per heavy atom. The summed E-state index contributed by atoms with van der Waals surface area (Å²) >= 11 is 3.53. The summed E-state index contributed by atoms with van der Waals surface area (Å²) in [6.45, 7) is 8.26. The van der Waals surface area contributed by atoms with Gasteiger partial charge in [-0.05, 0) is 56.5 Å². The summed E-state index contributed by atoms with van der Waals surface area (Å²) in [5.41, 5.74) is 9.29. The second-order valence-electron chi connectivity index (χ2n) is 7.22. The Morgan fingerprint density at radius 2 is 2.00 bits per heavy atom. The number of nitrogens with two attached hydrogens (primary N) is 1. The molecule has 0 fully saturated rings. The van der Waals surface area contributed by atoms with E-state index in [9.17, 15) is 9.59 Å². The number of benzene rings is 1. The predicted octanol–water partition coefficient (Wildman–Crippen LogP) is 4.19. The van der Waals surface area contributed by atoms with Crippen LogP contribution in [-0.4, -0.2) is 15.5 Å². The van der Waals surface area contributed by atoms with E-state index in [0.717, 1.165) is 32.9 Å². The number of H-pyrrole nitrogens is 1. The number of nitrogens with zero attached hydrogens (tertiary/aromatic N) is 1. The van der Waals surface area contributed by atoms with Gasteiger partial charge in [0.2, 0.25) is 0 Å². The highest BCUT2D eigenvalue weighted by molar-refractivity contribution is 9.10. The van der Waals surface area contributed by atoms with Crippen molar-refractivity contribution in [2.75, 3.05) is 5.73 Å². The van der Waals surface area contributed by atoms with E-state index >= 15 is 0 Å². The number of carbonyl (C=O) groups is 1. The first-order valence-corrected chi connectivity index (χ1v) is 10.1. The monoisotopic (exact) mass is 444 g/mol. The molecular formula is C21H25BrN4O2. The minimum Gasteiger partial charge on any atom is -0.385 e. The van der Waals surface area contributed by atoms with Gasteiger partial charge in [-0.15, -0.1) is 0 Å². The number of hydrogen-bond acceptors (Lipinski definition) is 3. The highest BCUT2D eigenvalue weighted by atomic mass is 79.9. The Morgan fingerprint density at radius 3 is 2.64 bits per heavy atom. The van der Waals surface area contributed by atoms with E-state index in [1.54, 1.807) is 13.0 Å². The molecule has 1 unspecified atom stereocenters. The number of aromatic nitrogens is 2. The number of aromatic amines is 1. The SMILES string of the molecule is CCC(C)n1cc(C)c2c(C(=O)NCc3c(C)cc(N)[nH]c3=O)cc(Br)cc21. The Bertz CT molecular complexity index is 1110. The number of fused-ring (bicyclic) bond motifs is 1. The Labute approximate surface area is 172 Å². The number of nitrogen functional groups attached to an aromatic ring is 1. The van der Waals surface area contributed by atoms with Crippen LogP contribution in [0.1, 0.15) is 53.4 Å². The van der Waals surface area contributed by atoms with Gasteiger partial charge in [0.05, 0.1) is 11.1 Å². The smallest absolute Gasteiger partial charge is 0.254 e. The van der Waals surface area contributed by atoms with Crippen LogP contribution in [0.3, 0.4) is 0 Å². The molecule has 1 atom stereocenters. The molecule has 2 heterocycles. The lowest BCUT2D eigenvalue weighted by Gasteiger charge is -2.14. The molecule has 0 spiro atoms. The van der Waals surface area contributed by atoms with Gasteiger partial charge in [0.25, 0.3) is 11.5 Å². The number of aryl methyl sites for hydroxylation is 2. The molecule has 6 nitrogen and oxygen atoms in total. The van der Waals surface area contributed by atoms with Crippen molar-refractivity contribution >= 4 is 38.6 Å². The molecule has 3 aromatic rings. The van der Waals surface area contributed by atoms with Crippen molar-refractivity contribution in [3.63, 3.8) is 0 Å². The Kier molecular flexibility index (Phi) is 5.65. The molecule has 3 rings (SSSR count). The van der Waals surface area contributed by atoms with Crippen LogP contribution in [0.5, 0.6) is 0 Å². The van der Waals surface area contributed by atoms with Gasteiger partial charge in [-0.2, -0.15) is 0 Å². The molecule has 7 heteroatoms. The topological polar surface area (TPSA) is 92.9 Å². The van der Waals surface area contributed by atoms with Gasteiger partial charge >= 0.3 is 0 Å². The zero-order valence-electron chi connectivity index (χ0n) is 16.5. The molecule has 148 valence electrons. The first kappa shape index (κ1) is 20.2. The molecule has 1 amide bonds. The summed E-state index contributed by atoms with van der Waals surface area (Å²) in [4.78, 5) is 27.7. The van der Waals surface area contributed by atoms with E-state index in [1.165, 1.54) is 0 Å². The maximum atomic E-state index is 13.0. The van der Waals surface area contributed by atoms with Crippen molar-refractivity contribution in [3.05, 3.63) is 61.5 Å². The van der Waals surface area contributed by atoms with Crippen LogP contribution in [0.2, 0.25) is 0 Å². The molecular weight excluding hydrogens is 420 g/mol. The zero-order chi connectivity index (χ0) is 20.6. The lowest BCUT2D eigenvalue weighted by Crippen LogP contribution is -2.28. The van der Waals surface area contributed by atoms with E-state index in [2.05, 4.69) is 50.8 Å². The highest BCUT2D eigenvalue weighted by Crippen LogP contribution is 2.31. The third-order valence-electron chi connectivity index (χ3n) is 5.20. The van der Waals surface area contributed by atoms with E-state index in [1.807, 2.05) is 19.1 Å². The fourth-order valence-electron chi connectivity index (χ4n) is 3.52. The average molecular weight is 445 g/mol. The molecule has 4 N–H and O–H groups in total. The number of halogens is 1. The van der Waals surface area contributed by atoms with E-state index in [-0.39, 0.29) is 18.0 Å². The van der Waals surface area contributed by atoms with Crippen LogP contribution in [0.25, 0.3) is 10.9 Å². The summed E-state index contributed by atoms with van der Waals surface area (Å²) < 4.78 is 3.05. The number of amides is 1. The molecule has 0 aliphatic rings. The lowest BCUT2D eigenvalue weighted by atomic mass is 10.1. The maximum absolute atomic E-state index is 13.0. The third-order valence-corrected chi connectivity index (χ3v) is 5.66. The van der Waals surface area contributed by atoms with Crippen molar-refractivity contribution in [3.8, 4) is 0 Å². The number of anilines is 1. The fraction of sp³-hybridized carbons (Fsp3) is 0.333. The van der Waals surface area contributed by atoms with Crippen molar-refractivity contribution < 1.29 is 4.79 Å². The number of hydrogen-bond donors (Lipinski definition) is 3. The number of rotatable bonds is 5. The van der Waals surface area contributed by atoms with Gasteiger partial charge < -0.3 is 20.6 Å². The summed E-state index contributed by atoms with van der Waals surface area (Å²) in [7, 11) is 0. The van der Waals surface area contributed by atoms with E-state index in [4.69, 9.17) is 5.73 Å². The molecule has 0 aliphatic heterocycles. The van der Waals surface area contributed by atoms with Crippen LogP contribution >= 0.6 is 15.9 Å². The standard InChI is InChI=1S/C21H25BrN4O2/c1-5-13(4)26-10-12(3)19-15(7-14(22)8-17(19)26)20(27)24-9-16-11(2)6-18(23)25-21(16)28/h6-8,10,13H,5,9H2,1-4H3,(H,24,27)(H3,23,25,28). The molecule has 28 heavy (non-hydrogen) atoms. The third kappa shape index (κ3) is 3.71. The van der Waals surface area contributed by atoms with Gasteiger partial charge in [-0.1, -0.05) is 22.9 Å². The average Bonchev–Trinajstić information content (AvgIpc) is 2.95. The minimum absolute atomic E-state index is 0.138. The lowest BCUT2D eigenvalue weighted by molar-refractivity contribution is 0.0952. The second-order valence-corrected chi connectivity index (χ2v) is 8.14. The predicted molar refractivity (Wildman–Crippen MR) is 117 cm³/mol. The Balaban J connectivity index is 1.98. The van der Waals surface area contributed by atoms with Gasteiger partial charge in [-0.25, -0.2) is 0 Å². The molecule has 1 aromatic carbocycles. The second kappa shape index (κ2) is 7.83. The summed E-state index contributed by atoms with van der Waals surface area (Å²) in [6, 6.07) is 5.89. The summed E-state index contributed by atoms with van der Waals surface area (Å²) in [5, 5.41) is 3.82. The normalized spacial score (nSPS) is 12.3. The molecule has 0 saturated carbocycles. The number of nitrogens with one attached hydrogen (secondary N) is 2. The molecule has 0 saturated heterocycles. The van der Waals surface area contributed by atoms with Crippen molar-refractivity contribution in [2.45, 2.75) is 46.7 Å². The van der Waals surface area contributed by atoms with Gasteiger partial charge in [-0.3, -0.25) is 9.59 Å². The molecule has 2 aromatic heterocycles. The van der Waals surface area contributed by atoms with Crippen molar-refractivity contribution in [2.24, 2.45) is 0 Å². The minimum atomic E-state index is -0.281. The van der Waals surface area contributed by atoms with Crippen LogP contribution in [0.15, 0.2) is 33.7 Å². The van der Waals surface area contributed by atoms with Crippen molar-refractivity contribution in [1.29, 1.82) is 0 Å². The van der Waals surface area contributed by atoms with Gasteiger partial charge in [0.1, 0.15) is 5.82 Å². The van der Waals surface area contributed by atoms with Gasteiger partial charge in [0, 0.05) is 34.2 Å². The van der Waals surface area contributed by atoms with Crippen LogP contribution < -0.4 is 16.6 Å². The fourth-order valence-corrected chi connectivity index (χ4v) is 3.97. The van der Waals surface area contributed by atoms with Crippen LogP contribution in [0, 0.1) is 13.8 Å². The number of carbonyl (C=O) groups excluding carboxylic acids is 1. The van der Waals surface area contributed by atoms with Crippen LogP contribution in [0.4, 0.5) is 5.82 Å². The highest BCUT2D eigenvalue weighted by Gasteiger charge is 2.19. The first-order valence-electron chi connectivity index (χ1n) is 9.30. The first-order chi connectivity index (χ1) is 13.2. The van der Waals surface area contributed by atoms with E-state index in [0.29, 0.717) is 23.0 Å².